The average molecular weight is 297 g/mol. The van der Waals surface area contributed by atoms with Crippen LogP contribution in [-0.2, 0) is 9.53 Å². The van der Waals surface area contributed by atoms with Crippen molar-refractivity contribution in [3.63, 3.8) is 0 Å². The molecule has 0 heterocycles. The van der Waals surface area contributed by atoms with Gasteiger partial charge in [-0.2, -0.15) is 13.2 Å². The van der Waals surface area contributed by atoms with Crippen LogP contribution in [0.25, 0.3) is 0 Å². The SMILES string of the molecule is C=CCOCC(=O)[C@H]1[C@@H](/C=C(/Cl)C(F)(F)F)C1(C)C. The number of ether oxygens (including phenoxy) is 1. The van der Waals surface area contributed by atoms with Crippen molar-refractivity contribution in [1.29, 1.82) is 0 Å². The first-order valence-electron chi connectivity index (χ1n) is 5.78. The number of rotatable bonds is 6. The zero-order valence-electron chi connectivity index (χ0n) is 10.8. The van der Waals surface area contributed by atoms with Gasteiger partial charge in [-0.25, -0.2) is 0 Å². The van der Waals surface area contributed by atoms with Gasteiger partial charge in [-0.3, -0.25) is 4.79 Å². The van der Waals surface area contributed by atoms with E-state index in [1.54, 1.807) is 13.8 Å². The second kappa shape index (κ2) is 5.67. The molecule has 0 radical (unpaired) electrons. The number of allylic oxidation sites excluding steroid dienone is 2. The quantitative estimate of drug-likeness (QED) is 0.551. The molecule has 108 valence electrons. The smallest absolute Gasteiger partial charge is 0.370 e. The molecule has 0 aromatic heterocycles. The van der Waals surface area contributed by atoms with E-state index in [2.05, 4.69) is 6.58 Å². The van der Waals surface area contributed by atoms with E-state index >= 15 is 0 Å². The Balaban J connectivity index is 2.68. The van der Waals surface area contributed by atoms with E-state index in [4.69, 9.17) is 16.3 Å². The number of hydrogen-bond acceptors (Lipinski definition) is 2. The molecule has 1 aliphatic carbocycles. The second-order valence-electron chi connectivity index (χ2n) is 5.11. The summed E-state index contributed by atoms with van der Waals surface area (Å²) in [6.07, 6.45) is -2.13. The van der Waals surface area contributed by atoms with Crippen LogP contribution >= 0.6 is 11.6 Å². The van der Waals surface area contributed by atoms with E-state index in [0.717, 1.165) is 6.08 Å². The van der Waals surface area contributed by atoms with Crippen molar-refractivity contribution in [2.75, 3.05) is 13.2 Å². The van der Waals surface area contributed by atoms with E-state index in [9.17, 15) is 18.0 Å². The van der Waals surface area contributed by atoms with Gasteiger partial charge in [-0.05, 0) is 11.3 Å². The zero-order chi connectivity index (χ0) is 14.8. The molecule has 0 N–H and O–H groups in total. The highest BCUT2D eigenvalue weighted by molar-refractivity contribution is 6.30. The maximum Gasteiger partial charge on any atom is 0.426 e. The highest BCUT2D eigenvalue weighted by Crippen LogP contribution is 2.60. The molecule has 6 heteroatoms. The molecule has 2 atom stereocenters. The van der Waals surface area contributed by atoms with Crippen molar-refractivity contribution >= 4 is 17.4 Å². The lowest BCUT2D eigenvalue weighted by molar-refractivity contribution is -0.125. The fraction of sp³-hybridized carbons (Fsp3) is 0.615. The van der Waals surface area contributed by atoms with Gasteiger partial charge < -0.3 is 4.74 Å². The Bertz CT molecular complexity index is 399. The van der Waals surface area contributed by atoms with Crippen molar-refractivity contribution in [1.82, 2.24) is 0 Å². The van der Waals surface area contributed by atoms with Crippen LogP contribution < -0.4 is 0 Å². The minimum atomic E-state index is -4.56. The van der Waals surface area contributed by atoms with Gasteiger partial charge in [0.2, 0.25) is 0 Å². The van der Waals surface area contributed by atoms with Gasteiger partial charge in [-0.1, -0.05) is 37.6 Å². The van der Waals surface area contributed by atoms with Gasteiger partial charge in [0.05, 0.1) is 6.61 Å². The molecule has 0 spiro atoms. The fourth-order valence-electron chi connectivity index (χ4n) is 2.19. The summed E-state index contributed by atoms with van der Waals surface area (Å²) in [6.45, 7) is 7.04. The molecule has 0 aliphatic heterocycles. The maximum absolute atomic E-state index is 12.3. The van der Waals surface area contributed by atoms with Crippen LogP contribution in [0.5, 0.6) is 0 Å². The molecular weight excluding hydrogens is 281 g/mol. The Morgan fingerprint density at radius 1 is 1.47 bits per heavy atom. The Kier molecular flexibility index (Phi) is 4.85. The molecule has 0 saturated heterocycles. The van der Waals surface area contributed by atoms with E-state index in [1.165, 1.54) is 6.08 Å². The van der Waals surface area contributed by atoms with E-state index in [-0.39, 0.29) is 19.0 Å². The predicted octanol–water partition coefficient (Wildman–Crippen LogP) is 3.72. The predicted molar refractivity (Wildman–Crippen MR) is 66.8 cm³/mol. The third-order valence-corrected chi connectivity index (χ3v) is 3.67. The molecule has 1 rings (SSSR count). The van der Waals surface area contributed by atoms with E-state index in [0.29, 0.717) is 0 Å². The Labute approximate surface area is 115 Å². The first-order valence-corrected chi connectivity index (χ1v) is 6.16. The maximum atomic E-state index is 12.3. The number of ketones is 1. The number of Topliss-reactive ketones (excluding diaryl/α,β-unsaturated/α-hetero) is 1. The fourth-order valence-corrected chi connectivity index (χ4v) is 2.32. The Morgan fingerprint density at radius 3 is 2.53 bits per heavy atom. The summed E-state index contributed by atoms with van der Waals surface area (Å²) in [4.78, 5) is 11.8. The molecule has 0 amide bonds. The average Bonchev–Trinajstić information content (AvgIpc) is 2.79. The van der Waals surface area contributed by atoms with Crippen molar-refractivity contribution in [3.05, 3.63) is 23.8 Å². The van der Waals surface area contributed by atoms with Gasteiger partial charge in [0, 0.05) is 5.92 Å². The molecule has 1 fully saturated rings. The largest absolute Gasteiger partial charge is 0.426 e. The molecule has 0 aromatic rings. The van der Waals surface area contributed by atoms with Crippen molar-refractivity contribution in [3.8, 4) is 0 Å². The second-order valence-corrected chi connectivity index (χ2v) is 5.51. The summed E-state index contributed by atoms with van der Waals surface area (Å²) < 4.78 is 42.1. The lowest BCUT2D eigenvalue weighted by atomic mass is 10.1. The van der Waals surface area contributed by atoms with Crippen molar-refractivity contribution in [2.45, 2.75) is 20.0 Å². The lowest BCUT2D eigenvalue weighted by Crippen LogP contribution is -2.14. The van der Waals surface area contributed by atoms with Crippen LogP contribution in [0.3, 0.4) is 0 Å². The summed E-state index contributed by atoms with van der Waals surface area (Å²) in [5.41, 5.74) is -0.514. The number of carbonyl (C=O) groups excluding carboxylic acids is 1. The molecule has 0 unspecified atom stereocenters. The van der Waals surface area contributed by atoms with Gasteiger partial charge in [0.15, 0.2) is 5.78 Å². The third kappa shape index (κ3) is 3.83. The highest BCUT2D eigenvalue weighted by atomic mass is 35.5. The molecule has 0 aromatic carbocycles. The summed E-state index contributed by atoms with van der Waals surface area (Å²) in [7, 11) is 0. The molecule has 0 bridgehead atoms. The van der Waals surface area contributed by atoms with Crippen LogP contribution in [0.4, 0.5) is 13.2 Å². The number of carbonyl (C=O) groups is 1. The molecular formula is C13H16ClF3O2. The summed E-state index contributed by atoms with van der Waals surface area (Å²) in [5.74, 6) is -1.19. The number of alkyl halides is 3. The summed E-state index contributed by atoms with van der Waals surface area (Å²) in [5, 5.41) is -1.17. The van der Waals surface area contributed by atoms with Gasteiger partial charge in [-0.15, -0.1) is 6.58 Å². The Morgan fingerprint density at radius 2 is 2.05 bits per heavy atom. The zero-order valence-corrected chi connectivity index (χ0v) is 11.5. The first-order chi connectivity index (χ1) is 8.62. The van der Waals surface area contributed by atoms with Crippen molar-refractivity contribution < 1.29 is 22.7 Å². The first kappa shape index (κ1) is 16.2. The van der Waals surface area contributed by atoms with Crippen LogP contribution in [-0.4, -0.2) is 25.2 Å². The van der Waals surface area contributed by atoms with Crippen LogP contribution in [0.15, 0.2) is 23.8 Å². The normalized spacial score (nSPS) is 26.1. The van der Waals surface area contributed by atoms with Gasteiger partial charge in [0.1, 0.15) is 11.6 Å². The van der Waals surface area contributed by atoms with Crippen molar-refractivity contribution in [2.24, 2.45) is 17.3 Å². The third-order valence-electron chi connectivity index (χ3n) is 3.33. The van der Waals surface area contributed by atoms with Crippen LogP contribution in [0, 0.1) is 17.3 Å². The Hall–Kier alpha value is -0.810. The van der Waals surface area contributed by atoms with Crippen LogP contribution in [0.1, 0.15) is 13.8 Å². The summed E-state index contributed by atoms with van der Waals surface area (Å²) >= 11 is 5.20. The molecule has 19 heavy (non-hydrogen) atoms. The standard InChI is InChI=1S/C13H16ClF3O2/c1-4-5-19-7-9(18)11-8(12(11,2)3)6-10(14)13(15,16)17/h4,6,8,11H,1,5,7H2,2-3H3/b10-6+/t8-,11-/m1/s1. The molecule has 1 saturated carbocycles. The van der Waals surface area contributed by atoms with E-state index < -0.39 is 28.5 Å². The lowest BCUT2D eigenvalue weighted by Gasteiger charge is -2.04. The minimum absolute atomic E-state index is 0.117. The molecule has 2 nitrogen and oxygen atoms in total. The topological polar surface area (TPSA) is 26.3 Å². The summed E-state index contributed by atoms with van der Waals surface area (Å²) in [6, 6.07) is 0. The highest BCUT2D eigenvalue weighted by Gasteiger charge is 2.60. The molecule has 1 aliphatic rings. The van der Waals surface area contributed by atoms with E-state index in [1.807, 2.05) is 0 Å². The van der Waals surface area contributed by atoms with Crippen LogP contribution in [0.2, 0.25) is 0 Å². The monoisotopic (exact) mass is 296 g/mol. The number of hydrogen-bond donors (Lipinski definition) is 0. The minimum Gasteiger partial charge on any atom is -0.370 e. The van der Waals surface area contributed by atoms with Gasteiger partial charge >= 0.3 is 6.18 Å². The number of halogens is 4. The van der Waals surface area contributed by atoms with Gasteiger partial charge in [0.25, 0.3) is 0 Å².